The number of benzene rings is 3. The number of allylic oxidation sites excluding steroid dienone is 2. The van der Waals surface area contributed by atoms with Gasteiger partial charge in [-0.3, -0.25) is 13.9 Å². The SMILES string of the molecule is C/C=C\CC.CNC(=O)c1c(-c2ccc(Oc3ccc(F)cc3)cc2)oc2cc3c(cc12)C(C)OC(COC(=O)CN)CN3S(C)=O. The predicted molar refractivity (Wildman–Crippen MR) is 181 cm³/mol. The summed E-state index contributed by atoms with van der Waals surface area (Å²) in [5, 5.41) is 3.24. The number of nitrogens with zero attached hydrogens (tertiary/aromatic N) is 1. The molecular formula is C35H40FN3O7S. The summed E-state index contributed by atoms with van der Waals surface area (Å²) >= 11 is 0. The molecule has 5 rings (SSSR count). The van der Waals surface area contributed by atoms with Crippen LogP contribution < -0.4 is 20.1 Å². The molecule has 12 heteroatoms. The van der Waals surface area contributed by atoms with Gasteiger partial charge < -0.3 is 29.7 Å². The molecule has 1 amide bonds. The number of anilines is 1. The number of hydrogen-bond donors (Lipinski definition) is 2. The molecule has 1 aliphatic rings. The lowest BCUT2D eigenvalue weighted by Crippen LogP contribution is -2.37. The number of esters is 1. The maximum Gasteiger partial charge on any atom is 0.319 e. The molecule has 0 saturated heterocycles. The third-order valence-corrected chi connectivity index (χ3v) is 8.28. The number of nitrogens with one attached hydrogen (secondary N) is 1. The average molecular weight is 666 g/mol. The van der Waals surface area contributed by atoms with E-state index in [1.165, 1.54) is 31.3 Å². The number of carbonyl (C=O) groups is 2. The molecule has 0 bridgehead atoms. The highest BCUT2D eigenvalue weighted by Gasteiger charge is 2.32. The van der Waals surface area contributed by atoms with Crippen LogP contribution in [0, 0.1) is 5.82 Å². The average Bonchev–Trinajstić information content (AvgIpc) is 3.38. The first kappa shape index (κ1) is 35.3. The Bertz CT molecular complexity index is 1740. The smallest absolute Gasteiger partial charge is 0.319 e. The Labute approximate surface area is 276 Å². The third-order valence-electron chi connectivity index (χ3n) is 7.31. The fourth-order valence-electron chi connectivity index (χ4n) is 5.06. The van der Waals surface area contributed by atoms with Gasteiger partial charge in [0.25, 0.3) is 5.91 Å². The summed E-state index contributed by atoms with van der Waals surface area (Å²) in [4.78, 5) is 24.8. The van der Waals surface area contributed by atoms with Crippen molar-refractivity contribution in [2.24, 2.45) is 5.73 Å². The fourth-order valence-corrected chi connectivity index (χ4v) is 5.87. The largest absolute Gasteiger partial charge is 0.462 e. The van der Waals surface area contributed by atoms with Crippen molar-refractivity contribution in [2.75, 3.05) is 37.3 Å². The van der Waals surface area contributed by atoms with Crippen molar-refractivity contribution >= 4 is 39.5 Å². The quantitative estimate of drug-likeness (QED) is 0.155. The first-order chi connectivity index (χ1) is 22.6. The number of furan rings is 1. The topological polar surface area (TPSA) is 133 Å². The third kappa shape index (κ3) is 8.64. The Morgan fingerprint density at radius 3 is 2.34 bits per heavy atom. The minimum atomic E-state index is -1.45. The maximum atomic E-state index is 13.2. The molecule has 4 aromatic rings. The number of ether oxygens (including phenoxy) is 3. The van der Waals surface area contributed by atoms with E-state index >= 15 is 0 Å². The number of hydrogen-bond acceptors (Lipinski definition) is 8. The van der Waals surface area contributed by atoms with Gasteiger partial charge in [0, 0.05) is 35.9 Å². The van der Waals surface area contributed by atoms with Gasteiger partial charge in [-0.15, -0.1) is 0 Å². The molecule has 0 aliphatic carbocycles. The molecule has 1 aliphatic heterocycles. The number of amides is 1. The number of fused-ring (bicyclic) bond motifs is 2. The van der Waals surface area contributed by atoms with E-state index in [9.17, 15) is 18.2 Å². The van der Waals surface area contributed by atoms with E-state index < -0.39 is 29.2 Å². The molecule has 2 heterocycles. The van der Waals surface area contributed by atoms with Crippen LogP contribution in [0.5, 0.6) is 11.5 Å². The molecule has 3 unspecified atom stereocenters. The van der Waals surface area contributed by atoms with Gasteiger partial charge in [-0.1, -0.05) is 19.1 Å². The van der Waals surface area contributed by atoms with E-state index in [2.05, 4.69) is 24.4 Å². The first-order valence-corrected chi connectivity index (χ1v) is 16.7. The molecule has 0 spiro atoms. The lowest BCUT2D eigenvalue weighted by molar-refractivity contribution is -0.147. The van der Waals surface area contributed by atoms with Gasteiger partial charge in [0.15, 0.2) is 0 Å². The summed E-state index contributed by atoms with van der Waals surface area (Å²) in [6, 6.07) is 16.2. The van der Waals surface area contributed by atoms with Crippen LogP contribution in [0.4, 0.5) is 10.1 Å². The summed E-state index contributed by atoms with van der Waals surface area (Å²) in [6.07, 6.45) is 5.84. The van der Waals surface area contributed by atoms with Gasteiger partial charge in [0.1, 0.15) is 52.4 Å². The van der Waals surface area contributed by atoms with Crippen molar-refractivity contribution in [1.82, 2.24) is 5.32 Å². The molecule has 47 heavy (non-hydrogen) atoms. The molecule has 0 fully saturated rings. The van der Waals surface area contributed by atoms with Gasteiger partial charge >= 0.3 is 5.97 Å². The molecule has 250 valence electrons. The second-order valence-corrected chi connectivity index (χ2v) is 11.9. The van der Waals surface area contributed by atoms with Gasteiger partial charge in [0.05, 0.1) is 30.4 Å². The van der Waals surface area contributed by atoms with E-state index in [0.717, 1.165) is 6.42 Å². The van der Waals surface area contributed by atoms with Crippen LogP contribution in [-0.2, 0) is 25.3 Å². The molecule has 3 atom stereocenters. The Balaban J connectivity index is 0.000000930. The van der Waals surface area contributed by atoms with E-state index in [1.807, 2.05) is 19.9 Å². The van der Waals surface area contributed by atoms with Gasteiger partial charge in [-0.2, -0.15) is 0 Å². The monoisotopic (exact) mass is 665 g/mol. The van der Waals surface area contributed by atoms with Crippen molar-refractivity contribution in [3.63, 3.8) is 0 Å². The maximum absolute atomic E-state index is 13.2. The van der Waals surface area contributed by atoms with Gasteiger partial charge in [-0.25, -0.2) is 8.60 Å². The summed E-state index contributed by atoms with van der Waals surface area (Å²) in [5.41, 5.74) is 8.05. The van der Waals surface area contributed by atoms with Crippen molar-refractivity contribution in [3.8, 4) is 22.8 Å². The molecule has 10 nitrogen and oxygen atoms in total. The first-order valence-electron chi connectivity index (χ1n) is 15.2. The molecule has 3 aromatic carbocycles. The van der Waals surface area contributed by atoms with E-state index in [1.54, 1.807) is 40.9 Å². The van der Waals surface area contributed by atoms with Gasteiger partial charge in [-0.05, 0) is 74.9 Å². The van der Waals surface area contributed by atoms with Crippen LogP contribution in [-0.4, -0.2) is 55.2 Å². The van der Waals surface area contributed by atoms with Crippen LogP contribution in [0.2, 0.25) is 0 Å². The normalized spacial score (nSPS) is 16.5. The van der Waals surface area contributed by atoms with E-state index in [-0.39, 0.29) is 31.4 Å². The van der Waals surface area contributed by atoms with Crippen LogP contribution in [0.15, 0.2) is 77.2 Å². The lowest BCUT2D eigenvalue weighted by atomic mass is 10.0. The van der Waals surface area contributed by atoms with Crippen LogP contribution in [0.25, 0.3) is 22.3 Å². The Morgan fingerprint density at radius 2 is 1.79 bits per heavy atom. The lowest BCUT2D eigenvalue weighted by Gasteiger charge is -2.24. The summed E-state index contributed by atoms with van der Waals surface area (Å²) in [7, 11) is 0.0841. The fraction of sp³-hybridized carbons (Fsp3) is 0.314. The van der Waals surface area contributed by atoms with Crippen LogP contribution >= 0.6 is 0 Å². The summed E-state index contributed by atoms with van der Waals surface area (Å²) in [6.45, 7) is 5.88. The standard InChI is InChI=1S/C30H30FN3O7S.C5H10/c1-17-23-12-24-26(13-25(23)34(42(3)37)15-22(39-17)16-38-27(35)14-32)41-29(28(24)30(36)33-2)18-4-8-20(9-5-18)40-21-10-6-19(31)7-11-21;1-3-5-4-2/h4-13,17,22H,14-16,32H2,1-3H3,(H,33,36);3,5H,4H2,1-2H3/b;5-3-. The number of carbonyl (C=O) groups excluding carboxylic acids is 2. The molecule has 1 aromatic heterocycles. The highest BCUT2D eigenvalue weighted by Crippen LogP contribution is 2.42. The summed E-state index contributed by atoms with van der Waals surface area (Å²) < 4.78 is 51.2. The molecule has 3 N–H and O–H groups in total. The highest BCUT2D eigenvalue weighted by atomic mass is 32.2. The van der Waals surface area contributed by atoms with Crippen LogP contribution in [0.3, 0.4) is 0 Å². The van der Waals surface area contributed by atoms with Crippen molar-refractivity contribution in [3.05, 3.63) is 89.8 Å². The number of rotatable bonds is 9. The Kier molecular flexibility index (Phi) is 12.3. The zero-order valence-electron chi connectivity index (χ0n) is 27.1. The van der Waals surface area contributed by atoms with E-state index in [4.69, 9.17) is 24.4 Å². The summed E-state index contributed by atoms with van der Waals surface area (Å²) in [5.74, 6) is 0.0845. The van der Waals surface area contributed by atoms with Crippen LogP contribution in [0.1, 0.15) is 49.2 Å². The number of halogens is 1. The minimum absolute atomic E-state index is 0.0489. The molecular weight excluding hydrogens is 625 g/mol. The van der Waals surface area contributed by atoms with Crippen molar-refractivity contribution in [1.29, 1.82) is 0 Å². The van der Waals surface area contributed by atoms with Crippen molar-refractivity contribution < 1.29 is 36.8 Å². The predicted octanol–water partition coefficient (Wildman–Crippen LogP) is 6.42. The Morgan fingerprint density at radius 1 is 1.13 bits per heavy atom. The highest BCUT2D eigenvalue weighted by molar-refractivity contribution is 7.85. The second kappa shape index (κ2) is 16.3. The number of nitrogens with two attached hydrogens (primary N) is 1. The zero-order valence-corrected chi connectivity index (χ0v) is 27.9. The van der Waals surface area contributed by atoms with Gasteiger partial charge in [0.2, 0.25) is 0 Å². The van der Waals surface area contributed by atoms with E-state index in [0.29, 0.717) is 50.6 Å². The molecule has 0 saturated carbocycles. The second-order valence-electron chi connectivity index (χ2n) is 10.6. The molecule has 0 radical (unpaired) electrons. The van der Waals surface area contributed by atoms with Crippen molar-refractivity contribution in [2.45, 2.75) is 39.4 Å². The minimum Gasteiger partial charge on any atom is -0.462 e. The zero-order chi connectivity index (χ0) is 34.1. The Hall–Kier alpha value is -4.52.